The molecule has 0 aromatic heterocycles. The van der Waals surface area contributed by atoms with Gasteiger partial charge < -0.3 is 20.1 Å². The molecule has 3 aromatic carbocycles. The van der Waals surface area contributed by atoms with Gasteiger partial charge in [0.05, 0.1) is 19.9 Å². The highest BCUT2D eigenvalue weighted by molar-refractivity contribution is 5.93. The summed E-state index contributed by atoms with van der Waals surface area (Å²) < 4.78 is 10.6. The van der Waals surface area contributed by atoms with Crippen molar-refractivity contribution in [1.82, 2.24) is 0 Å². The second-order valence-electron chi connectivity index (χ2n) is 6.35. The third-order valence-electron chi connectivity index (χ3n) is 4.54. The van der Waals surface area contributed by atoms with Gasteiger partial charge in [0.1, 0.15) is 17.5 Å². The number of benzene rings is 3. The van der Waals surface area contributed by atoms with Crippen LogP contribution in [0.4, 0.5) is 5.69 Å². The van der Waals surface area contributed by atoms with Crippen LogP contribution in [-0.4, -0.2) is 26.7 Å². The van der Waals surface area contributed by atoms with Gasteiger partial charge in [-0.05, 0) is 12.1 Å². The zero-order valence-electron chi connectivity index (χ0n) is 16.1. The van der Waals surface area contributed by atoms with Crippen LogP contribution in [-0.2, 0) is 4.79 Å². The molecule has 0 saturated carbocycles. The lowest BCUT2D eigenvalue weighted by Crippen LogP contribution is -2.87. The minimum absolute atomic E-state index is 0.0420. The van der Waals surface area contributed by atoms with Crippen molar-refractivity contribution in [1.29, 1.82) is 0 Å². The average molecular weight is 377 g/mol. The molecule has 0 radical (unpaired) electrons. The fraction of sp³-hybridized carbons (Fsp3) is 0.174. The topological polar surface area (TPSA) is 64.2 Å². The van der Waals surface area contributed by atoms with Crippen molar-refractivity contribution in [2.75, 3.05) is 26.1 Å². The highest BCUT2D eigenvalue weighted by atomic mass is 16.5. The molecule has 1 amide bonds. The van der Waals surface area contributed by atoms with E-state index in [0.717, 1.165) is 11.1 Å². The third kappa shape index (κ3) is 4.90. The van der Waals surface area contributed by atoms with E-state index in [0.29, 0.717) is 17.2 Å². The summed E-state index contributed by atoms with van der Waals surface area (Å²) in [7, 11) is 3.16. The predicted molar refractivity (Wildman–Crippen MR) is 110 cm³/mol. The zero-order valence-corrected chi connectivity index (χ0v) is 16.1. The molecule has 0 saturated heterocycles. The number of hydrogen-bond donors (Lipinski definition) is 2. The van der Waals surface area contributed by atoms with Crippen LogP contribution in [0.2, 0.25) is 0 Å². The van der Waals surface area contributed by atoms with Gasteiger partial charge >= 0.3 is 0 Å². The molecule has 0 aliphatic carbocycles. The smallest absolute Gasteiger partial charge is 0.279 e. The number of nitrogens with two attached hydrogens (primary N) is 1. The first-order valence-corrected chi connectivity index (χ1v) is 9.16. The molecule has 0 aliphatic rings. The molecule has 0 fully saturated rings. The van der Waals surface area contributed by atoms with Gasteiger partial charge in [-0.1, -0.05) is 60.7 Å². The first-order chi connectivity index (χ1) is 13.7. The molecule has 5 heteroatoms. The minimum Gasteiger partial charge on any atom is -0.497 e. The number of carbonyl (C=O) groups is 1. The van der Waals surface area contributed by atoms with Crippen LogP contribution < -0.4 is 20.1 Å². The molecular weight excluding hydrogens is 352 g/mol. The van der Waals surface area contributed by atoms with E-state index < -0.39 is 0 Å². The molecule has 0 heterocycles. The van der Waals surface area contributed by atoms with Gasteiger partial charge in [0.2, 0.25) is 0 Å². The number of rotatable bonds is 8. The highest BCUT2D eigenvalue weighted by Gasteiger charge is 2.19. The van der Waals surface area contributed by atoms with Crippen LogP contribution in [0.15, 0.2) is 78.9 Å². The van der Waals surface area contributed by atoms with Gasteiger partial charge in [0.15, 0.2) is 6.54 Å². The van der Waals surface area contributed by atoms with E-state index in [9.17, 15) is 4.79 Å². The normalized spacial score (nSPS) is 10.5. The Morgan fingerprint density at radius 3 is 2.04 bits per heavy atom. The summed E-state index contributed by atoms with van der Waals surface area (Å²) >= 11 is 0. The van der Waals surface area contributed by atoms with E-state index in [4.69, 9.17) is 9.47 Å². The van der Waals surface area contributed by atoms with Crippen molar-refractivity contribution in [3.63, 3.8) is 0 Å². The average Bonchev–Trinajstić information content (AvgIpc) is 2.75. The Balaban J connectivity index is 1.73. The fourth-order valence-corrected chi connectivity index (χ4v) is 3.12. The van der Waals surface area contributed by atoms with E-state index >= 15 is 0 Å². The SMILES string of the molecule is COc1ccc(OC)c(NC(=O)C[NH2+]C(c2ccccc2)c2ccccc2)c1. The highest BCUT2D eigenvalue weighted by Crippen LogP contribution is 2.28. The summed E-state index contributed by atoms with van der Waals surface area (Å²) in [6.45, 7) is 0.273. The molecule has 0 aliphatic heterocycles. The van der Waals surface area contributed by atoms with Crippen molar-refractivity contribution in [3.05, 3.63) is 90.0 Å². The standard InChI is InChI=1S/C23H24N2O3/c1-27-19-13-14-21(28-2)20(15-19)25-22(26)16-24-23(17-9-5-3-6-10-17)18-11-7-4-8-12-18/h3-15,23-24H,16H2,1-2H3,(H,25,26)/p+1. The maximum absolute atomic E-state index is 12.6. The fourth-order valence-electron chi connectivity index (χ4n) is 3.12. The number of nitrogens with one attached hydrogen (secondary N) is 1. The summed E-state index contributed by atoms with van der Waals surface area (Å²) in [6.07, 6.45) is 0. The molecule has 5 nitrogen and oxygen atoms in total. The van der Waals surface area contributed by atoms with Gasteiger partial charge in [0.25, 0.3) is 5.91 Å². The molecule has 0 bridgehead atoms. The summed E-state index contributed by atoms with van der Waals surface area (Å²) in [5, 5.41) is 4.95. The van der Waals surface area contributed by atoms with Crippen LogP contribution in [0, 0.1) is 0 Å². The maximum Gasteiger partial charge on any atom is 0.279 e. The molecule has 0 atom stereocenters. The Hall–Kier alpha value is -3.31. The van der Waals surface area contributed by atoms with Crippen molar-refractivity contribution >= 4 is 11.6 Å². The van der Waals surface area contributed by atoms with Crippen LogP contribution in [0.5, 0.6) is 11.5 Å². The van der Waals surface area contributed by atoms with Gasteiger partial charge in [-0.25, -0.2) is 0 Å². The number of quaternary nitrogens is 1. The van der Waals surface area contributed by atoms with E-state index in [2.05, 4.69) is 29.6 Å². The second kappa shape index (κ2) is 9.58. The molecule has 3 aromatic rings. The number of methoxy groups -OCH3 is 2. The molecule has 28 heavy (non-hydrogen) atoms. The van der Waals surface area contributed by atoms with E-state index in [1.165, 1.54) is 0 Å². The minimum atomic E-state index is -0.108. The number of hydrogen-bond acceptors (Lipinski definition) is 3. The lowest BCUT2D eigenvalue weighted by atomic mass is 9.99. The maximum atomic E-state index is 12.6. The van der Waals surface area contributed by atoms with E-state index in [1.54, 1.807) is 32.4 Å². The summed E-state index contributed by atoms with van der Waals surface area (Å²) in [5.41, 5.74) is 2.90. The Bertz CT molecular complexity index is 859. The number of carbonyl (C=O) groups excluding carboxylic acids is 1. The number of ether oxygens (including phenoxy) is 2. The van der Waals surface area contributed by atoms with Crippen LogP contribution >= 0.6 is 0 Å². The Morgan fingerprint density at radius 2 is 1.50 bits per heavy atom. The molecule has 0 spiro atoms. The van der Waals surface area contributed by atoms with Crippen molar-refractivity contribution in [2.24, 2.45) is 0 Å². The third-order valence-corrected chi connectivity index (χ3v) is 4.54. The van der Waals surface area contributed by atoms with Crippen molar-refractivity contribution in [3.8, 4) is 11.5 Å². The molecule has 3 N–H and O–H groups in total. The van der Waals surface area contributed by atoms with Crippen LogP contribution in [0.3, 0.4) is 0 Å². The lowest BCUT2D eigenvalue weighted by molar-refractivity contribution is -0.676. The molecule has 144 valence electrons. The zero-order chi connectivity index (χ0) is 19.8. The predicted octanol–water partition coefficient (Wildman–Crippen LogP) is 3.00. The molecule has 0 unspecified atom stereocenters. The molecular formula is C23H25N2O3+. The Kier molecular flexibility index (Phi) is 6.65. The van der Waals surface area contributed by atoms with Gasteiger partial charge in [-0.3, -0.25) is 4.79 Å². The first-order valence-electron chi connectivity index (χ1n) is 9.16. The Morgan fingerprint density at radius 1 is 0.893 bits per heavy atom. The van der Waals surface area contributed by atoms with Crippen molar-refractivity contribution in [2.45, 2.75) is 6.04 Å². The summed E-state index contributed by atoms with van der Waals surface area (Å²) in [6, 6.07) is 25.7. The largest absolute Gasteiger partial charge is 0.497 e. The summed E-state index contributed by atoms with van der Waals surface area (Å²) in [4.78, 5) is 12.6. The monoisotopic (exact) mass is 377 g/mol. The van der Waals surface area contributed by atoms with Gasteiger partial charge in [0, 0.05) is 17.2 Å². The quantitative estimate of drug-likeness (QED) is 0.634. The van der Waals surface area contributed by atoms with Gasteiger partial charge in [-0.15, -0.1) is 0 Å². The van der Waals surface area contributed by atoms with E-state index in [-0.39, 0.29) is 18.5 Å². The van der Waals surface area contributed by atoms with Crippen LogP contribution in [0.1, 0.15) is 17.2 Å². The second-order valence-corrected chi connectivity index (χ2v) is 6.35. The lowest BCUT2D eigenvalue weighted by Gasteiger charge is -2.17. The number of anilines is 1. The van der Waals surface area contributed by atoms with Crippen LogP contribution in [0.25, 0.3) is 0 Å². The number of amides is 1. The van der Waals surface area contributed by atoms with E-state index in [1.807, 2.05) is 41.7 Å². The Labute approximate surface area is 165 Å². The summed E-state index contributed by atoms with van der Waals surface area (Å²) in [5.74, 6) is 1.15. The van der Waals surface area contributed by atoms with Crippen molar-refractivity contribution < 1.29 is 19.6 Å². The first kappa shape index (κ1) is 19.5. The molecule has 3 rings (SSSR count). The van der Waals surface area contributed by atoms with Gasteiger partial charge in [-0.2, -0.15) is 0 Å².